The molecule has 1 fully saturated rings. The predicted molar refractivity (Wildman–Crippen MR) is 122 cm³/mol. The number of piperidine rings is 1. The summed E-state index contributed by atoms with van der Waals surface area (Å²) in [5.74, 6) is -0.239. The Labute approximate surface area is 188 Å². The summed E-state index contributed by atoms with van der Waals surface area (Å²) in [6, 6.07) is 15.8. The van der Waals surface area contributed by atoms with Gasteiger partial charge in [-0.25, -0.2) is 4.68 Å². The highest BCUT2D eigenvalue weighted by Crippen LogP contribution is 2.37. The van der Waals surface area contributed by atoms with Crippen LogP contribution in [-0.2, 0) is 13.0 Å². The number of fused-ring (bicyclic) bond motifs is 3. The number of benzene rings is 2. The molecule has 166 valence electrons. The van der Waals surface area contributed by atoms with Gasteiger partial charge >= 0.3 is 0 Å². The Bertz CT molecular complexity index is 1110. The molecule has 0 saturated carbocycles. The van der Waals surface area contributed by atoms with E-state index in [0.717, 1.165) is 38.9 Å². The van der Waals surface area contributed by atoms with E-state index < -0.39 is 0 Å². The molecule has 32 heavy (non-hydrogen) atoms. The summed E-state index contributed by atoms with van der Waals surface area (Å²) >= 11 is 0. The molecule has 0 radical (unpaired) electrons. The molecule has 2 N–H and O–H groups in total. The largest absolute Gasteiger partial charge is 0.396 e. The van der Waals surface area contributed by atoms with Crippen LogP contribution in [0.5, 0.6) is 0 Å². The normalized spacial score (nSPS) is 17.7. The molecule has 1 unspecified atom stereocenters. The van der Waals surface area contributed by atoms with Gasteiger partial charge in [0.1, 0.15) is 0 Å². The number of nitrogens with zero attached hydrogens (tertiary/aromatic N) is 4. The lowest BCUT2D eigenvalue weighted by molar-refractivity contribution is 0.0946. The fraction of sp³-hybridized carbons (Fsp3) is 0.400. The van der Waals surface area contributed by atoms with Gasteiger partial charge in [0.25, 0.3) is 5.91 Å². The second kappa shape index (κ2) is 9.22. The first-order chi connectivity index (χ1) is 15.7. The number of hydrogen-bond acceptors (Lipinski definition) is 5. The third kappa shape index (κ3) is 4.31. The molecule has 0 bridgehead atoms. The van der Waals surface area contributed by atoms with Gasteiger partial charge in [0.15, 0.2) is 5.69 Å². The van der Waals surface area contributed by atoms with E-state index in [4.69, 9.17) is 5.11 Å². The summed E-state index contributed by atoms with van der Waals surface area (Å²) in [5, 5.41) is 19.9. The number of likely N-dealkylation sites (tertiary alicyclic amines) is 1. The van der Waals surface area contributed by atoms with Crippen molar-refractivity contribution in [2.24, 2.45) is 0 Å². The second-order valence-corrected chi connectivity index (χ2v) is 8.77. The topological polar surface area (TPSA) is 83.3 Å². The van der Waals surface area contributed by atoms with Crippen LogP contribution in [0.25, 0.3) is 11.1 Å². The van der Waals surface area contributed by atoms with Gasteiger partial charge < -0.3 is 10.4 Å². The average Bonchev–Trinajstić information content (AvgIpc) is 3.44. The first-order valence-electron chi connectivity index (χ1n) is 11.4. The number of hydrogen-bond donors (Lipinski definition) is 2. The highest BCUT2D eigenvalue weighted by Gasteiger charge is 2.24. The second-order valence-electron chi connectivity index (χ2n) is 8.77. The van der Waals surface area contributed by atoms with Gasteiger partial charge in [-0.05, 0) is 60.0 Å². The third-order valence-corrected chi connectivity index (χ3v) is 6.48. The molecule has 1 saturated heterocycles. The quantitative estimate of drug-likeness (QED) is 0.440. The van der Waals surface area contributed by atoms with Gasteiger partial charge in [-0.2, -0.15) is 0 Å². The molecule has 2 aromatic carbocycles. The van der Waals surface area contributed by atoms with Crippen molar-refractivity contribution >= 4 is 5.91 Å². The Morgan fingerprint density at radius 2 is 2.03 bits per heavy atom. The molecule has 1 amide bonds. The van der Waals surface area contributed by atoms with Gasteiger partial charge in [-0.1, -0.05) is 47.7 Å². The molecule has 3 aromatic rings. The van der Waals surface area contributed by atoms with Crippen molar-refractivity contribution in [3.05, 3.63) is 71.0 Å². The molecule has 7 nitrogen and oxygen atoms in total. The molecule has 7 heteroatoms. The molecule has 1 aliphatic carbocycles. The smallest absolute Gasteiger partial charge is 0.273 e. The number of rotatable bonds is 7. The summed E-state index contributed by atoms with van der Waals surface area (Å²) in [6.07, 6.45) is 5.43. The highest BCUT2D eigenvalue weighted by molar-refractivity contribution is 5.91. The van der Waals surface area contributed by atoms with E-state index in [-0.39, 0.29) is 18.6 Å². The fourth-order valence-corrected chi connectivity index (χ4v) is 4.88. The van der Waals surface area contributed by atoms with Crippen LogP contribution < -0.4 is 5.32 Å². The van der Waals surface area contributed by atoms with E-state index in [1.165, 1.54) is 27.8 Å². The number of nitrogens with one attached hydrogen (secondary N) is 1. The number of aliphatic hydroxyl groups is 1. The lowest BCUT2D eigenvalue weighted by Crippen LogP contribution is -2.36. The number of aromatic nitrogens is 3. The highest BCUT2D eigenvalue weighted by atomic mass is 16.3. The van der Waals surface area contributed by atoms with E-state index in [9.17, 15) is 4.79 Å². The molecule has 5 rings (SSSR count). The Kier molecular flexibility index (Phi) is 6.01. The van der Waals surface area contributed by atoms with Gasteiger partial charge in [0.05, 0.1) is 12.2 Å². The minimum absolute atomic E-state index is 0.0576. The molecule has 1 aromatic heterocycles. The molecule has 2 aliphatic rings. The van der Waals surface area contributed by atoms with Crippen molar-refractivity contribution in [3.8, 4) is 11.1 Å². The van der Waals surface area contributed by atoms with Gasteiger partial charge in [0, 0.05) is 26.2 Å². The standard InChI is InChI=1S/C25H29N5O2/c31-12-4-10-26-25(32)24-17-30(28-27-24)21-6-3-11-29(16-21)15-18-8-9-23-20(13-18)14-19-5-1-2-7-22(19)23/h1-2,5,7-9,13,17,21,31H,3-4,6,10-12,14-16H2,(H,26,32). The first-order valence-corrected chi connectivity index (χ1v) is 11.4. The third-order valence-electron chi connectivity index (χ3n) is 6.48. The number of amides is 1. The molecule has 1 atom stereocenters. The Morgan fingerprint density at radius 1 is 1.16 bits per heavy atom. The maximum Gasteiger partial charge on any atom is 0.273 e. The molecule has 1 aliphatic heterocycles. The SMILES string of the molecule is O=C(NCCCO)c1cn(C2CCCN(Cc3ccc4c(c3)Cc3ccccc3-4)C2)nn1. The zero-order valence-electron chi connectivity index (χ0n) is 18.2. The van der Waals surface area contributed by atoms with Crippen molar-refractivity contribution in [2.75, 3.05) is 26.2 Å². The van der Waals surface area contributed by atoms with Crippen molar-refractivity contribution in [3.63, 3.8) is 0 Å². The van der Waals surface area contributed by atoms with Gasteiger partial charge in [-0.3, -0.25) is 9.69 Å². The minimum Gasteiger partial charge on any atom is -0.396 e. The Balaban J connectivity index is 1.22. The van der Waals surface area contributed by atoms with Crippen molar-refractivity contribution in [2.45, 2.75) is 38.3 Å². The molecule has 0 spiro atoms. The van der Waals surface area contributed by atoms with E-state index in [0.29, 0.717) is 18.7 Å². The lowest BCUT2D eigenvalue weighted by Gasteiger charge is -2.32. The lowest BCUT2D eigenvalue weighted by atomic mass is 10.0. The van der Waals surface area contributed by atoms with Crippen LogP contribution in [0.1, 0.15) is 52.5 Å². The maximum absolute atomic E-state index is 12.2. The summed E-state index contributed by atoms with van der Waals surface area (Å²) in [4.78, 5) is 14.6. The van der Waals surface area contributed by atoms with Crippen LogP contribution in [0.4, 0.5) is 0 Å². The molecular weight excluding hydrogens is 402 g/mol. The Morgan fingerprint density at radius 3 is 2.94 bits per heavy atom. The van der Waals surface area contributed by atoms with E-state index in [2.05, 4.69) is 63.0 Å². The Hall–Kier alpha value is -3.03. The molecule has 2 heterocycles. The van der Waals surface area contributed by atoms with Gasteiger partial charge in [0.2, 0.25) is 0 Å². The minimum atomic E-state index is -0.239. The number of aliphatic hydroxyl groups excluding tert-OH is 1. The van der Waals surface area contributed by atoms with Crippen LogP contribution in [0, 0.1) is 0 Å². The summed E-state index contributed by atoms with van der Waals surface area (Å²) in [7, 11) is 0. The fourth-order valence-electron chi connectivity index (χ4n) is 4.88. The maximum atomic E-state index is 12.2. The van der Waals surface area contributed by atoms with E-state index >= 15 is 0 Å². The zero-order chi connectivity index (χ0) is 21.9. The average molecular weight is 432 g/mol. The summed E-state index contributed by atoms with van der Waals surface area (Å²) < 4.78 is 1.84. The van der Waals surface area contributed by atoms with Crippen molar-refractivity contribution in [1.29, 1.82) is 0 Å². The van der Waals surface area contributed by atoms with Gasteiger partial charge in [-0.15, -0.1) is 5.10 Å². The monoisotopic (exact) mass is 431 g/mol. The summed E-state index contributed by atoms with van der Waals surface area (Å²) in [5.41, 5.74) is 7.26. The predicted octanol–water partition coefficient (Wildman–Crippen LogP) is 2.80. The van der Waals surface area contributed by atoms with Crippen LogP contribution in [0.15, 0.2) is 48.7 Å². The zero-order valence-corrected chi connectivity index (χ0v) is 18.2. The van der Waals surface area contributed by atoms with E-state index in [1.807, 2.05) is 4.68 Å². The van der Waals surface area contributed by atoms with E-state index in [1.54, 1.807) is 6.20 Å². The van der Waals surface area contributed by atoms with Crippen molar-refractivity contribution in [1.82, 2.24) is 25.2 Å². The number of carbonyl (C=O) groups is 1. The van der Waals surface area contributed by atoms with Crippen LogP contribution in [0.2, 0.25) is 0 Å². The van der Waals surface area contributed by atoms with Crippen molar-refractivity contribution < 1.29 is 9.90 Å². The number of carbonyl (C=O) groups excluding carboxylic acids is 1. The van der Waals surface area contributed by atoms with Crippen LogP contribution in [0.3, 0.4) is 0 Å². The first kappa shape index (κ1) is 20.8. The molecular formula is C25H29N5O2. The summed E-state index contributed by atoms with van der Waals surface area (Å²) in [6.45, 7) is 3.37. The van der Waals surface area contributed by atoms with Crippen LogP contribution in [-0.4, -0.2) is 57.1 Å². The van der Waals surface area contributed by atoms with Crippen LogP contribution >= 0.6 is 0 Å².